The van der Waals surface area contributed by atoms with Gasteiger partial charge in [0, 0.05) is 10.8 Å². The normalized spacial score (nSPS) is 10.9. The predicted molar refractivity (Wildman–Crippen MR) is 135 cm³/mol. The van der Waals surface area contributed by atoms with E-state index in [1.165, 1.54) is 0 Å². The summed E-state index contributed by atoms with van der Waals surface area (Å²) >= 11 is 0. The van der Waals surface area contributed by atoms with Crippen molar-refractivity contribution < 1.29 is 9.59 Å². The second-order valence-electron chi connectivity index (χ2n) is 8.12. The number of pyridine rings is 2. The number of anilines is 2. The summed E-state index contributed by atoms with van der Waals surface area (Å²) in [5.41, 5.74) is 4.96. The van der Waals surface area contributed by atoms with Gasteiger partial charge in [-0.2, -0.15) is 0 Å². The molecule has 6 heteroatoms. The zero-order valence-corrected chi connectivity index (χ0v) is 18.8. The number of aryl methyl sites for hydroxylation is 1. The molecule has 2 amide bonds. The maximum absolute atomic E-state index is 13.1. The van der Waals surface area contributed by atoms with Gasteiger partial charge in [0.15, 0.2) is 0 Å². The highest BCUT2D eigenvalue weighted by atomic mass is 16.2. The van der Waals surface area contributed by atoms with Crippen LogP contribution >= 0.6 is 0 Å². The van der Waals surface area contributed by atoms with Crippen molar-refractivity contribution in [2.75, 3.05) is 10.6 Å². The number of hydrogen-bond acceptors (Lipinski definition) is 4. The smallest absolute Gasteiger partial charge is 0.274 e. The fraction of sp³-hybridized carbons (Fsp3) is 0.0714. The molecule has 0 bridgehead atoms. The molecule has 0 radical (unpaired) electrons. The number of amides is 2. The molecule has 0 fully saturated rings. The Balaban J connectivity index is 1.44. The third-order valence-electron chi connectivity index (χ3n) is 5.88. The van der Waals surface area contributed by atoms with Crippen LogP contribution in [0.2, 0.25) is 0 Å². The van der Waals surface area contributed by atoms with Crippen LogP contribution in [0, 0.1) is 13.8 Å². The summed E-state index contributed by atoms with van der Waals surface area (Å²) in [5, 5.41) is 7.78. The Labute approximate surface area is 196 Å². The van der Waals surface area contributed by atoms with Gasteiger partial charge in [0.2, 0.25) is 0 Å². The number of nitrogens with zero attached hydrogens (tertiary/aromatic N) is 2. The van der Waals surface area contributed by atoms with Crippen LogP contribution < -0.4 is 10.6 Å². The fourth-order valence-corrected chi connectivity index (χ4v) is 3.83. The Morgan fingerprint density at radius 1 is 0.618 bits per heavy atom. The molecule has 2 aromatic heterocycles. The van der Waals surface area contributed by atoms with Crippen molar-refractivity contribution in [3.05, 3.63) is 107 Å². The molecule has 0 unspecified atom stereocenters. The highest BCUT2D eigenvalue weighted by Gasteiger charge is 2.17. The molecule has 0 saturated carbocycles. The average molecular weight is 447 g/mol. The molecule has 2 N–H and O–H groups in total. The van der Waals surface area contributed by atoms with E-state index >= 15 is 0 Å². The molecule has 6 nitrogen and oxygen atoms in total. The highest BCUT2D eigenvalue weighted by Crippen LogP contribution is 2.29. The molecule has 166 valence electrons. The molecule has 2 heterocycles. The third kappa shape index (κ3) is 4.09. The summed E-state index contributed by atoms with van der Waals surface area (Å²) in [5.74, 6) is -0.702. The number of benzene rings is 3. The van der Waals surface area contributed by atoms with Crippen molar-refractivity contribution in [1.82, 2.24) is 9.97 Å². The molecule has 0 saturated heterocycles. The van der Waals surface area contributed by atoms with Gasteiger partial charge in [0.1, 0.15) is 11.4 Å². The summed E-state index contributed by atoms with van der Waals surface area (Å²) in [6.07, 6.45) is 0. The Morgan fingerprint density at radius 2 is 1.15 bits per heavy atom. The first-order chi connectivity index (χ1) is 16.5. The molecule has 0 atom stereocenters. The first-order valence-corrected chi connectivity index (χ1v) is 10.9. The third-order valence-corrected chi connectivity index (χ3v) is 5.88. The Kier molecular flexibility index (Phi) is 5.47. The maximum atomic E-state index is 13.1. The summed E-state index contributed by atoms with van der Waals surface area (Å²) in [7, 11) is 0. The van der Waals surface area contributed by atoms with Gasteiger partial charge in [-0.25, -0.2) is 9.97 Å². The van der Waals surface area contributed by atoms with E-state index in [0.29, 0.717) is 22.8 Å². The van der Waals surface area contributed by atoms with E-state index < -0.39 is 0 Å². The van der Waals surface area contributed by atoms with Gasteiger partial charge in [-0.3, -0.25) is 9.59 Å². The zero-order chi connectivity index (χ0) is 23.7. The molecular formula is C28H22N4O2. The number of nitrogens with one attached hydrogen (secondary N) is 2. The predicted octanol–water partition coefficient (Wildman–Crippen LogP) is 5.90. The van der Waals surface area contributed by atoms with Gasteiger partial charge in [-0.1, -0.05) is 54.6 Å². The minimum atomic E-state index is -0.353. The largest absolute Gasteiger partial charge is 0.319 e. The monoisotopic (exact) mass is 446 g/mol. The molecular weight excluding hydrogens is 424 g/mol. The Bertz CT molecular complexity index is 1580. The lowest BCUT2D eigenvalue weighted by Gasteiger charge is -2.16. The first kappa shape index (κ1) is 21.3. The van der Waals surface area contributed by atoms with Gasteiger partial charge < -0.3 is 10.6 Å². The SMILES string of the molecule is Cc1ccc(NC(=O)c2ccc3ccccc3n2)c(NC(=O)c2ccc3ccccc3n2)c1C. The van der Waals surface area contributed by atoms with Gasteiger partial charge in [0.25, 0.3) is 11.8 Å². The molecule has 5 rings (SSSR count). The molecule has 0 aliphatic carbocycles. The van der Waals surface area contributed by atoms with E-state index in [9.17, 15) is 9.59 Å². The average Bonchev–Trinajstić information content (AvgIpc) is 2.87. The summed E-state index contributed by atoms with van der Waals surface area (Å²) in [6, 6.07) is 26.1. The minimum absolute atomic E-state index is 0.297. The van der Waals surface area contributed by atoms with Crippen LogP contribution in [-0.2, 0) is 0 Å². The van der Waals surface area contributed by atoms with Crippen LogP contribution in [-0.4, -0.2) is 21.8 Å². The Morgan fingerprint density at radius 3 is 1.74 bits per heavy atom. The molecule has 0 aliphatic heterocycles. The van der Waals surface area contributed by atoms with Crippen LogP contribution in [0.25, 0.3) is 21.8 Å². The molecule has 5 aromatic rings. The summed E-state index contributed by atoms with van der Waals surface area (Å²) in [6.45, 7) is 3.86. The molecule has 3 aromatic carbocycles. The van der Waals surface area contributed by atoms with Crippen molar-refractivity contribution in [2.24, 2.45) is 0 Å². The Hall–Kier alpha value is -4.58. The number of rotatable bonds is 4. The number of para-hydroxylation sites is 2. The van der Waals surface area contributed by atoms with Crippen molar-refractivity contribution in [3.8, 4) is 0 Å². The van der Waals surface area contributed by atoms with Crippen molar-refractivity contribution >= 4 is 45.0 Å². The molecule has 0 aliphatic rings. The number of carbonyl (C=O) groups is 2. The van der Waals surface area contributed by atoms with Crippen molar-refractivity contribution in [1.29, 1.82) is 0 Å². The van der Waals surface area contributed by atoms with E-state index in [1.807, 2.05) is 80.6 Å². The lowest BCUT2D eigenvalue weighted by molar-refractivity contribution is 0.101. The van der Waals surface area contributed by atoms with Crippen LogP contribution in [0.15, 0.2) is 84.9 Å². The van der Waals surface area contributed by atoms with Crippen molar-refractivity contribution in [2.45, 2.75) is 13.8 Å². The zero-order valence-electron chi connectivity index (χ0n) is 18.8. The number of fused-ring (bicyclic) bond motifs is 2. The summed E-state index contributed by atoms with van der Waals surface area (Å²) < 4.78 is 0. The van der Waals surface area contributed by atoms with E-state index in [-0.39, 0.29) is 11.8 Å². The number of aromatic nitrogens is 2. The van der Waals surface area contributed by atoms with Gasteiger partial charge >= 0.3 is 0 Å². The maximum Gasteiger partial charge on any atom is 0.274 e. The lowest BCUT2D eigenvalue weighted by Crippen LogP contribution is -2.19. The first-order valence-electron chi connectivity index (χ1n) is 10.9. The van der Waals surface area contributed by atoms with E-state index in [1.54, 1.807) is 18.2 Å². The van der Waals surface area contributed by atoms with Gasteiger partial charge in [0.05, 0.1) is 22.4 Å². The summed E-state index contributed by atoms with van der Waals surface area (Å²) in [4.78, 5) is 35.0. The van der Waals surface area contributed by atoms with E-state index in [2.05, 4.69) is 20.6 Å². The van der Waals surface area contributed by atoms with Gasteiger partial charge in [-0.15, -0.1) is 0 Å². The second kappa shape index (κ2) is 8.75. The lowest BCUT2D eigenvalue weighted by atomic mass is 10.1. The second-order valence-corrected chi connectivity index (χ2v) is 8.12. The fourth-order valence-electron chi connectivity index (χ4n) is 3.83. The minimum Gasteiger partial charge on any atom is -0.319 e. The quantitative estimate of drug-likeness (QED) is 0.360. The van der Waals surface area contributed by atoms with E-state index in [0.717, 1.165) is 32.9 Å². The van der Waals surface area contributed by atoms with Crippen LogP contribution in [0.5, 0.6) is 0 Å². The van der Waals surface area contributed by atoms with E-state index in [4.69, 9.17) is 0 Å². The van der Waals surface area contributed by atoms with Crippen LogP contribution in [0.1, 0.15) is 32.1 Å². The standard InChI is InChI=1S/C28H22N4O2/c1-17-11-14-23(31-27(33)24-15-12-19-7-3-5-9-21(19)29-24)26(18(17)2)32-28(34)25-16-13-20-8-4-6-10-22(20)30-25/h3-16H,1-2H3,(H,31,33)(H,32,34). The van der Waals surface area contributed by atoms with Crippen LogP contribution in [0.4, 0.5) is 11.4 Å². The van der Waals surface area contributed by atoms with Crippen LogP contribution in [0.3, 0.4) is 0 Å². The number of carbonyl (C=O) groups excluding carboxylic acids is 2. The highest BCUT2D eigenvalue weighted by molar-refractivity contribution is 6.10. The molecule has 0 spiro atoms. The molecule has 34 heavy (non-hydrogen) atoms. The topological polar surface area (TPSA) is 84.0 Å². The van der Waals surface area contributed by atoms with Crippen molar-refractivity contribution in [3.63, 3.8) is 0 Å². The van der Waals surface area contributed by atoms with Gasteiger partial charge in [-0.05, 0) is 55.3 Å². The number of hydrogen-bond donors (Lipinski definition) is 2.